The van der Waals surface area contributed by atoms with Crippen LogP contribution in [0.15, 0.2) is 0 Å². The Labute approximate surface area is 172 Å². The van der Waals surface area contributed by atoms with Crippen molar-refractivity contribution >= 4 is 11.8 Å². The number of hydrogen-bond donors (Lipinski definition) is 4. The molecule has 2 heterocycles. The fraction of sp³-hybridized carbons (Fsp3) is 0.905. The largest absolute Gasteiger partial charge is 0.388 e. The van der Waals surface area contributed by atoms with Crippen LogP contribution in [0.1, 0.15) is 59.8 Å². The molecule has 3 rings (SSSR count). The minimum Gasteiger partial charge on any atom is -0.388 e. The van der Waals surface area contributed by atoms with Gasteiger partial charge in [0, 0.05) is 10.8 Å². The normalized spacial score (nSPS) is 31.5. The third-order valence-electron chi connectivity index (χ3n) is 6.96. The number of hydrogen-bond acceptors (Lipinski definition) is 6. The topological polar surface area (TPSA) is 117 Å². The molecule has 3 aliphatic rings. The summed E-state index contributed by atoms with van der Waals surface area (Å²) in [6.45, 7) is 8.27. The SMILES string of the molecule is CC(C)(CCC(C)(C)C(=O)N[C@H]1COC[C@@H]1O)C(=O)NC1COC2(CCC2)C1O. The fourth-order valence-electron chi connectivity index (χ4n) is 4.15. The number of ether oxygens (including phenoxy) is 2. The van der Waals surface area contributed by atoms with Gasteiger partial charge in [-0.3, -0.25) is 9.59 Å². The Morgan fingerprint density at radius 1 is 0.931 bits per heavy atom. The summed E-state index contributed by atoms with van der Waals surface area (Å²) in [4.78, 5) is 25.5. The second-order valence-electron chi connectivity index (χ2n) is 10.2. The van der Waals surface area contributed by atoms with Crippen LogP contribution < -0.4 is 10.6 Å². The van der Waals surface area contributed by atoms with Gasteiger partial charge in [-0.25, -0.2) is 0 Å². The summed E-state index contributed by atoms with van der Waals surface area (Å²) in [5.41, 5.74) is -1.84. The van der Waals surface area contributed by atoms with Crippen molar-refractivity contribution in [3.8, 4) is 0 Å². The van der Waals surface area contributed by atoms with Crippen LogP contribution in [0, 0.1) is 10.8 Å². The zero-order valence-corrected chi connectivity index (χ0v) is 18.0. The van der Waals surface area contributed by atoms with Crippen LogP contribution in [0.25, 0.3) is 0 Å². The van der Waals surface area contributed by atoms with Gasteiger partial charge in [-0.1, -0.05) is 27.7 Å². The molecular formula is C21H36N2O6. The Balaban J connectivity index is 1.50. The number of nitrogens with one attached hydrogen (secondary N) is 2. The Hall–Kier alpha value is -1.22. The minimum absolute atomic E-state index is 0.141. The average Bonchev–Trinajstić information content (AvgIpc) is 3.17. The lowest BCUT2D eigenvalue weighted by molar-refractivity contribution is -0.135. The van der Waals surface area contributed by atoms with Gasteiger partial charge in [0.1, 0.15) is 6.10 Å². The van der Waals surface area contributed by atoms with E-state index in [0.29, 0.717) is 26.1 Å². The predicted octanol–water partition coefficient (Wildman–Crippen LogP) is 0.494. The minimum atomic E-state index is -0.692. The molecule has 2 unspecified atom stereocenters. The number of aliphatic hydroxyl groups excluding tert-OH is 2. The second-order valence-corrected chi connectivity index (χ2v) is 10.2. The first-order valence-corrected chi connectivity index (χ1v) is 10.7. The van der Waals surface area contributed by atoms with Gasteiger partial charge in [-0.15, -0.1) is 0 Å². The van der Waals surface area contributed by atoms with E-state index in [2.05, 4.69) is 10.6 Å². The Kier molecular flexibility index (Phi) is 6.30. The first-order valence-electron chi connectivity index (χ1n) is 10.7. The zero-order chi connectivity index (χ0) is 21.4. The van der Waals surface area contributed by atoms with E-state index in [1.54, 1.807) is 0 Å². The molecule has 3 fully saturated rings. The molecule has 1 spiro atoms. The third kappa shape index (κ3) is 4.60. The predicted molar refractivity (Wildman–Crippen MR) is 106 cm³/mol. The highest BCUT2D eigenvalue weighted by Crippen LogP contribution is 2.43. The molecule has 0 aromatic carbocycles. The number of aliphatic hydroxyl groups is 2. The molecule has 2 saturated heterocycles. The monoisotopic (exact) mass is 412 g/mol. The number of carbonyl (C=O) groups is 2. The lowest BCUT2D eigenvalue weighted by Gasteiger charge is -2.40. The molecule has 0 radical (unpaired) electrons. The van der Waals surface area contributed by atoms with E-state index in [1.807, 2.05) is 27.7 Å². The summed E-state index contributed by atoms with van der Waals surface area (Å²) in [5.74, 6) is -0.299. The molecule has 8 heteroatoms. The van der Waals surface area contributed by atoms with Crippen molar-refractivity contribution in [2.75, 3.05) is 19.8 Å². The molecule has 29 heavy (non-hydrogen) atoms. The molecule has 2 aliphatic heterocycles. The first kappa shape index (κ1) is 22.5. The maximum absolute atomic E-state index is 12.9. The summed E-state index contributed by atoms with van der Waals surface area (Å²) in [6.07, 6.45) is 2.40. The third-order valence-corrected chi connectivity index (χ3v) is 6.96. The van der Waals surface area contributed by atoms with E-state index in [4.69, 9.17) is 9.47 Å². The van der Waals surface area contributed by atoms with E-state index in [1.165, 1.54) is 0 Å². The average molecular weight is 413 g/mol. The van der Waals surface area contributed by atoms with Gasteiger partial charge in [0.15, 0.2) is 0 Å². The zero-order valence-electron chi connectivity index (χ0n) is 18.0. The molecule has 166 valence electrons. The number of carbonyl (C=O) groups excluding carboxylic acids is 2. The Morgan fingerprint density at radius 2 is 1.48 bits per heavy atom. The molecular weight excluding hydrogens is 376 g/mol. The maximum Gasteiger partial charge on any atom is 0.226 e. The molecule has 1 aliphatic carbocycles. The highest BCUT2D eigenvalue weighted by Gasteiger charge is 2.53. The fourth-order valence-corrected chi connectivity index (χ4v) is 4.15. The van der Waals surface area contributed by atoms with Gasteiger partial charge in [-0.05, 0) is 32.1 Å². The van der Waals surface area contributed by atoms with Crippen LogP contribution in [0.3, 0.4) is 0 Å². The van der Waals surface area contributed by atoms with Crippen molar-refractivity contribution in [1.82, 2.24) is 10.6 Å². The summed E-state index contributed by atoms with van der Waals surface area (Å²) in [6, 6.07) is -0.775. The van der Waals surface area contributed by atoms with E-state index < -0.39 is 28.6 Å². The quantitative estimate of drug-likeness (QED) is 0.484. The summed E-state index contributed by atoms with van der Waals surface area (Å²) < 4.78 is 11.0. The molecule has 1 saturated carbocycles. The maximum atomic E-state index is 12.9. The summed E-state index contributed by atoms with van der Waals surface area (Å²) >= 11 is 0. The van der Waals surface area contributed by atoms with Gasteiger partial charge in [0.25, 0.3) is 0 Å². The number of amides is 2. The van der Waals surface area contributed by atoms with Gasteiger partial charge < -0.3 is 30.3 Å². The van der Waals surface area contributed by atoms with Gasteiger partial charge >= 0.3 is 0 Å². The van der Waals surface area contributed by atoms with Crippen LogP contribution in [0.2, 0.25) is 0 Å². The summed E-state index contributed by atoms with van der Waals surface area (Å²) in [7, 11) is 0. The van der Waals surface area contributed by atoms with Gasteiger partial charge in [0.05, 0.1) is 43.6 Å². The van der Waals surface area contributed by atoms with E-state index in [0.717, 1.165) is 19.3 Å². The van der Waals surface area contributed by atoms with Crippen molar-refractivity contribution in [1.29, 1.82) is 0 Å². The molecule has 8 nitrogen and oxygen atoms in total. The van der Waals surface area contributed by atoms with Crippen molar-refractivity contribution in [3.05, 3.63) is 0 Å². The van der Waals surface area contributed by atoms with Crippen LogP contribution in [0.4, 0.5) is 0 Å². The molecule has 0 bridgehead atoms. The lowest BCUT2D eigenvalue weighted by Crippen LogP contribution is -2.54. The molecule has 2 amide bonds. The van der Waals surface area contributed by atoms with E-state index >= 15 is 0 Å². The first-order chi connectivity index (χ1) is 13.5. The Bertz CT molecular complexity index is 631. The van der Waals surface area contributed by atoms with Crippen LogP contribution in [-0.2, 0) is 19.1 Å². The highest BCUT2D eigenvalue weighted by molar-refractivity contribution is 5.83. The van der Waals surface area contributed by atoms with Crippen LogP contribution >= 0.6 is 0 Å². The molecule has 4 atom stereocenters. The molecule has 4 N–H and O–H groups in total. The smallest absolute Gasteiger partial charge is 0.226 e. The van der Waals surface area contributed by atoms with Crippen molar-refractivity contribution < 1.29 is 29.3 Å². The Morgan fingerprint density at radius 3 is 1.90 bits per heavy atom. The van der Waals surface area contributed by atoms with E-state index in [9.17, 15) is 19.8 Å². The van der Waals surface area contributed by atoms with Gasteiger partial charge in [0.2, 0.25) is 11.8 Å². The molecule has 0 aromatic heterocycles. The lowest BCUT2D eigenvalue weighted by atomic mass is 9.75. The van der Waals surface area contributed by atoms with Crippen molar-refractivity contribution in [2.24, 2.45) is 10.8 Å². The van der Waals surface area contributed by atoms with Crippen LogP contribution in [-0.4, -0.2) is 71.7 Å². The second kappa shape index (κ2) is 8.13. The number of rotatable bonds is 7. The molecule has 0 aromatic rings. The van der Waals surface area contributed by atoms with Crippen molar-refractivity contribution in [2.45, 2.75) is 89.7 Å². The van der Waals surface area contributed by atoms with Crippen LogP contribution in [0.5, 0.6) is 0 Å². The highest BCUT2D eigenvalue weighted by atomic mass is 16.5. The standard InChI is InChI=1S/C21H36N2O6/c1-19(2,17(26)22-13-10-28-12-15(13)24)8-9-20(3,4)18(27)23-14-11-29-21(16(14)25)6-5-7-21/h13-16,24-25H,5-12H2,1-4H3,(H,22,26)(H,23,27)/t13-,14?,15-,16?/m0/s1. The van der Waals surface area contributed by atoms with E-state index in [-0.39, 0.29) is 30.5 Å². The van der Waals surface area contributed by atoms with Crippen molar-refractivity contribution in [3.63, 3.8) is 0 Å². The van der Waals surface area contributed by atoms with Gasteiger partial charge in [-0.2, -0.15) is 0 Å². The summed E-state index contributed by atoms with van der Waals surface area (Å²) in [5, 5.41) is 26.2.